The van der Waals surface area contributed by atoms with Gasteiger partial charge in [-0.1, -0.05) is 0 Å². The van der Waals surface area contributed by atoms with E-state index in [1.807, 2.05) is 0 Å². The third-order valence-corrected chi connectivity index (χ3v) is 2.97. The van der Waals surface area contributed by atoms with Crippen LogP contribution in [0.2, 0.25) is 0 Å². The predicted octanol–water partition coefficient (Wildman–Crippen LogP) is 1.39. The lowest BCUT2D eigenvalue weighted by atomic mass is 10.1. The van der Waals surface area contributed by atoms with Gasteiger partial charge in [0.15, 0.2) is 11.5 Å². The molecule has 1 amide bonds. The highest BCUT2D eigenvalue weighted by molar-refractivity contribution is 5.99. The van der Waals surface area contributed by atoms with E-state index >= 15 is 0 Å². The lowest BCUT2D eigenvalue weighted by molar-refractivity contribution is 0.0780. The number of anilines is 1. The minimum atomic E-state index is -0.153. The van der Waals surface area contributed by atoms with Crippen LogP contribution >= 0.6 is 0 Å². The van der Waals surface area contributed by atoms with Crippen molar-refractivity contribution in [3.05, 3.63) is 17.7 Å². The second kappa shape index (κ2) is 7.59. The molecule has 0 saturated carbocycles. The van der Waals surface area contributed by atoms with Gasteiger partial charge in [0.25, 0.3) is 5.91 Å². The van der Waals surface area contributed by atoms with Crippen LogP contribution < -0.4 is 15.2 Å². The van der Waals surface area contributed by atoms with E-state index in [9.17, 15) is 4.79 Å². The molecule has 0 heterocycles. The Hall–Kier alpha value is -1.95. The largest absolute Gasteiger partial charge is 0.493 e. The number of ether oxygens (including phenoxy) is 3. The Balaban J connectivity index is 2.92. The Kier molecular flexibility index (Phi) is 6.11. The maximum absolute atomic E-state index is 12.3. The van der Waals surface area contributed by atoms with Crippen molar-refractivity contribution in [3.63, 3.8) is 0 Å². The molecule has 0 aliphatic carbocycles. The van der Waals surface area contributed by atoms with Gasteiger partial charge in [-0.05, 0) is 12.5 Å². The van der Waals surface area contributed by atoms with Crippen molar-refractivity contribution in [2.45, 2.75) is 6.42 Å². The van der Waals surface area contributed by atoms with E-state index < -0.39 is 0 Å². The van der Waals surface area contributed by atoms with Crippen molar-refractivity contribution in [3.8, 4) is 11.5 Å². The second-order valence-electron chi connectivity index (χ2n) is 4.37. The van der Waals surface area contributed by atoms with Crippen LogP contribution in [0.3, 0.4) is 0 Å². The zero-order chi connectivity index (χ0) is 15.1. The van der Waals surface area contributed by atoms with Crippen molar-refractivity contribution in [1.29, 1.82) is 0 Å². The van der Waals surface area contributed by atoms with E-state index in [1.165, 1.54) is 14.2 Å². The number of nitrogens with two attached hydrogens (primary N) is 1. The average Bonchev–Trinajstić information content (AvgIpc) is 2.46. The Morgan fingerprint density at radius 2 is 1.80 bits per heavy atom. The number of carbonyl (C=O) groups is 1. The third-order valence-electron chi connectivity index (χ3n) is 2.97. The van der Waals surface area contributed by atoms with Crippen LogP contribution in [-0.2, 0) is 4.74 Å². The van der Waals surface area contributed by atoms with Crippen LogP contribution in [0.15, 0.2) is 12.1 Å². The maximum atomic E-state index is 12.3. The second-order valence-corrected chi connectivity index (χ2v) is 4.37. The number of carbonyl (C=O) groups excluding carboxylic acids is 1. The highest BCUT2D eigenvalue weighted by atomic mass is 16.5. The summed E-state index contributed by atoms with van der Waals surface area (Å²) in [6, 6.07) is 3.19. The first-order valence-electron chi connectivity index (χ1n) is 6.31. The summed E-state index contributed by atoms with van der Waals surface area (Å²) < 4.78 is 15.3. The predicted molar refractivity (Wildman–Crippen MR) is 77.4 cm³/mol. The molecular weight excluding hydrogens is 260 g/mol. The Labute approximate surface area is 119 Å². The van der Waals surface area contributed by atoms with Crippen LogP contribution in [0.1, 0.15) is 16.8 Å². The first kappa shape index (κ1) is 16.1. The van der Waals surface area contributed by atoms with Crippen molar-refractivity contribution >= 4 is 11.6 Å². The minimum Gasteiger partial charge on any atom is -0.493 e. The number of amides is 1. The van der Waals surface area contributed by atoms with Gasteiger partial charge in [0.1, 0.15) is 0 Å². The molecule has 0 unspecified atom stereocenters. The number of hydrogen-bond acceptors (Lipinski definition) is 5. The summed E-state index contributed by atoms with van der Waals surface area (Å²) in [5.41, 5.74) is 6.68. The normalized spacial score (nSPS) is 10.2. The first-order chi connectivity index (χ1) is 9.54. The van der Waals surface area contributed by atoms with Crippen LogP contribution in [0.4, 0.5) is 5.69 Å². The lowest BCUT2D eigenvalue weighted by Crippen LogP contribution is -2.29. The standard InChI is InChI=1S/C14H22N2O4/c1-16(6-5-7-18-2)14(17)10-8-12(19-3)13(20-4)9-11(10)15/h8-9H,5-7,15H2,1-4H3. The Morgan fingerprint density at radius 1 is 1.20 bits per heavy atom. The summed E-state index contributed by atoms with van der Waals surface area (Å²) in [6.45, 7) is 1.21. The number of nitrogens with zero attached hydrogens (tertiary/aromatic N) is 1. The van der Waals surface area contributed by atoms with E-state index in [0.717, 1.165) is 6.42 Å². The fourth-order valence-electron chi connectivity index (χ4n) is 1.83. The number of rotatable bonds is 7. The van der Waals surface area contributed by atoms with Gasteiger partial charge in [-0.25, -0.2) is 0 Å². The summed E-state index contributed by atoms with van der Waals surface area (Å²) in [4.78, 5) is 13.9. The van der Waals surface area contributed by atoms with Gasteiger partial charge in [0.2, 0.25) is 0 Å². The molecule has 0 aromatic heterocycles. The summed E-state index contributed by atoms with van der Waals surface area (Å²) in [5.74, 6) is 0.832. The summed E-state index contributed by atoms with van der Waals surface area (Å²) >= 11 is 0. The lowest BCUT2D eigenvalue weighted by Gasteiger charge is -2.19. The molecule has 0 aliphatic rings. The molecule has 6 nitrogen and oxygen atoms in total. The van der Waals surface area contributed by atoms with Crippen molar-refractivity contribution in [1.82, 2.24) is 4.90 Å². The topological polar surface area (TPSA) is 74.0 Å². The van der Waals surface area contributed by atoms with E-state index in [4.69, 9.17) is 19.9 Å². The van der Waals surface area contributed by atoms with Crippen LogP contribution in [0, 0.1) is 0 Å². The van der Waals surface area contributed by atoms with Gasteiger partial charge in [-0.2, -0.15) is 0 Å². The summed E-state index contributed by atoms with van der Waals surface area (Å²) in [5, 5.41) is 0. The molecular formula is C14H22N2O4. The fourth-order valence-corrected chi connectivity index (χ4v) is 1.83. The number of hydrogen-bond donors (Lipinski definition) is 1. The highest BCUT2D eigenvalue weighted by Crippen LogP contribution is 2.32. The van der Waals surface area contributed by atoms with E-state index in [0.29, 0.717) is 35.9 Å². The third kappa shape index (κ3) is 3.77. The van der Waals surface area contributed by atoms with E-state index in [-0.39, 0.29) is 5.91 Å². The van der Waals surface area contributed by atoms with Gasteiger partial charge in [0.05, 0.1) is 19.8 Å². The zero-order valence-corrected chi connectivity index (χ0v) is 12.4. The van der Waals surface area contributed by atoms with Gasteiger partial charge >= 0.3 is 0 Å². The van der Waals surface area contributed by atoms with Crippen LogP contribution in [0.25, 0.3) is 0 Å². The minimum absolute atomic E-state index is 0.153. The molecule has 0 saturated heterocycles. The number of benzene rings is 1. The first-order valence-corrected chi connectivity index (χ1v) is 6.31. The molecule has 112 valence electrons. The molecule has 1 aromatic carbocycles. The maximum Gasteiger partial charge on any atom is 0.255 e. The smallest absolute Gasteiger partial charge is 0.255 e. The Bertz CT molecular complexity index is 463. The fraction of sp³-hybridized carbons (Fsp3) is 0.500. The number of nitrogen functional groups attached to an aromatic ring is 1. The molecule has 6 heteroatoms. The van der Waals surface area contributed by atoms with Crippen molar-refractivity contribution in [2.75, 3.05) is 47.3 Å². The molecule has 20 heavy (non-hydrogen) atoms. The molecule has 0 fully saturated rings. The molecule has 2 N–H and O–H groups in total. The molecule has 0 radical (unpaired) electrons. The van der Waals surface area contributed by atoms with Gasteiger partial charge < -0.3 is 24.8 Å². The van der Waals surface area contributed by atoms with E-state index in [1.54, 1.807) is 31.2 Å². The van der Waals surface area contributed by atoms with Gasteiger partial charge in [-0.3, -0.25) is 4.79 Å². The van der Waals surface area contributed by atoms with Crippen LogP contribution in [0.5, 0.6) is 11.5 Å². The van der Waals surface area contributed by atoms with Crippen LogP contribution in [-0.4, -0.2) is 52.3 Å². The molecule has 0 spiro atoms. The van der Waals surface area contributed by atoms with Gasteiger partial charge in [0, 0.05) is 39.1 Å². The molecule has 0 aliphatic heterocycles. The molecule has 1 aromatic rings. The Morgan fingerprint density at radius 3 is 2.35 bits per heavy atom. The zero-order valence-electron chi connectivity index (χ0n) is 12.4. The number of methoxy groups -OCH3 is 3. The highest BCUT2D eigenvalue weighted by Gasteiger charge is 2.18. The average molecular weight is 282 g/mol. The molecule has 0 bridgehead atoms. The van der Waals surface area contributed by atoms with Crippen molar-refractivity contribution < 1.29 is 19.0 Å². The monoisotopic (exact) mass is 282 g/mol. The van der Waals surface area contributed by atoms with Gasteiger partial charge in [-0.15, -0.1) is 0 Å². The SMILES string of the molecule is COCCCN(C)C(=O)c1cc(OC)c(OC)cc1N. The molecule has 1 rings (SSSR count). The molecule has 0 atom stereocenters. The summed E-state index contributed by atoms with van der Waals surface area (Å²) in [6.07, 6.45) is 0.770. The summed E-state index contributed by atoms with van der Waals surface area (Å²) in [7, 11) is 6.41. The van der Waals surface area contributed by atoms with Crippen molar-refractivity contribution in [2.24, 2.45) is 0 Å². The van der Waals surface area contributed by atoms with E-state index in [2.05, 4.69) is 0 Å². The quantitative estimate of drug-likeness (QED) is 0.604.